The number of carbonyl (C=O) groups is 2. The number of hydrogen-bond donors (Lipinski definition) is 1. The van der Waals surface area contributed by atoms with Gasteiger partial charge in [-0.1, -0.05) is 12.8 Å². The molecule has 8 heteroatoms. The molecule has 158 valence electrons. The molecule has 0 unspecified atom stereocenters. The van der Waals surface area contributed by atoms with Crippen LogP contribution in [-0.4, -0.2) is 63.0 Å². The number of nitrogens with one attached hydrogen (secondary N) is 1. The average molecular weight is 409 g/mol. The number of hydrogen-bond acceptors (Lipinski definition) is 5. The Balaban J connectivity index is 1.41. The van der Waals surface area contributed by atoms with E-state index in [0.717, 1.165) is 44.2 Å². The summed E-state index contributed by atoms with van der Waals surface area (Å²) < 4.78 is 5.47. The molecule has 1 saturated heterocycles. The summed E-state index contributed by atoms with van der Waals surface area (Å²) in [5.41, 5.74) is 2.69. The average Bonchev–Trinajstić information content (AvgIpc) is 3.54. The summed E-state index contributed by atoms with van der Waals surface area (Å²) in [5, 5.41) is 7.06. The van der Waals surface area contributed by atoms with E-state index in [1.165, 1.54) is 7.11 Å². The molecule has 5 rings (SSSR count). The van der Waals surface area contributed by atoms with Crippen molar-refractivity contribution in [3.63, 3.8) is 0 Å². The minimum atomic E-state index is -0.126. The minimum absolute atomic E-state index is 0.00455. The first-order valence-electron chi connectivity index (χ1n) is 10.8. The van der Waals surface area contributed by atoms with Crippen molar-refractivity contribution < 1.29 is 14.3 Å². The van der Waals surface area contributed by atoms with Crippen molar-refractivity contribution in [1.29, 1.82) is 0 Å². The molecule has 2 aromatic heterocycles. The Bertz CT molecular complexity index is 952. The van der Waals surface area contributed by atoms with Crippen LogP contribution in [0.25, 0.3) is 0 Å². The third-order valence-electron chi connectivity index (χ3n) is 6.74. The lowest BCUT2D eigenvalue weighted by Crippen LogP contribution is -2.39. The van der Waals surface area contributed by atoms with Crippen molar-refractivity contribution in [2.75, 3.05) is 20.2 Å². The lowest BCUT2D eigenvalue weighted by Gasteiger charge is -2.32. The van der Waals surface area contributed by atoms with E-state index in [1.54, 1.807) is 12.3 Å². The van der Waals surface area contributed by atoms with Gasteiger partial charge in [-0.2, -0.15) is 5.10 Å². The summed E-state index contributed by atoms with van der Waals surface area (Å²) in [6.45, 7) is 1.81. The van der Waals surface area contributed by atoms with Gasteiger partial charge in [0.2, 0.25) is 5.88 Å². The number of likely N-dealkylation sites (tertiary alicyclic amines) is 1. The zero-order valence-electron chi connectivity index (χ0n) is 17.3. The maximum atomic E-state index is 13.4. The molecule has 0 bridgehead atoms. The highest BCUT2D eigenvalue weighted by molar-refractivity contribution is 6.03. The van der Waals surface area contributed by atoms with Crippen molar-refractivity contribution in [3.05, 3.63) is 40.8 Å². The van der Waals surface area contributed by atoms with E-state index in [-0.39, 0.29) is 23.8 Å². The second kappa shape index (κ2) is 7.74. The van der Waals surface area contributed by atoms with Gasteiger partial charge in [0.1, 0.15) is 5.56 Å². The molecule has 2 fully saturated rings. The van der Waals surface area contributed by atoms with Crippen LogP contribution in [0.5, 0.6) is 5.88 Å². The Kier molecular flexibility index (Phi) is 4.92. The summed E-state index contributed by atoms with van der Waals surface area (Å²) in [6, 6.07) is 3.96. The van der Waals surface area contributed by atoms with Gasteiger partial charge in [0, 0.05) is 36.9 Å². The number of nitrogens with zero attached hydrogens (tertiary/aromatic N) is 4. The van der Waals surface area contributed by atoms with Crippen molar-refractivity contribution in [2.45, 2.75) is 57.0 Å². The monoisotopic (exact) mass is 409 g/mol. The third-order valence-corrected chi connectivity index (χ3v) is 6.74. The van der Waals surface area contributed by atoms with Gasteiger partial charge in [-0.05, 0) is 37.8 Å². The van der Waals surface area contributed by atoms with Gasteiger partial charge in [0.05, 0.1) is 24.9 Å². The quantitative estimate of drug-likeness (QED) is 0.838. The highest BCUT2D eigenvalue weighted by Crippen LogP contribution is 2.34. The van der Waals surface area contributed by atoms with Crippen molar-refractivity contribution >= 4 is 11.8 Å². The molecule has 1 aliphatic carbocycles. The summed E-state index contributed by atoms with van der Waals surface area (Å²) in [6.07, 6.45) is 8.10. The Labute approximate surface area is 175 Å². The number of amides is 2. The van der Waals surface area contributed by atoms with Gasteiger partial charge < -0.3 is 14.5 Å². The van der Waals surface area contributed by atoms with Gasteiger partial charge in [0.15, 0.2) is 0 Å². The molecule has 0 spiro atoms. The Morgan fingerprint density at radius 1 is 1.23 bits per heavy atom. The maximum Gasteiger partial charge on any atom is 0.259 e. The molecule has 1 N–H and O–H groups in total. The molecule has 1 atom stereocenters. The van der Waals surface area contributed by atoms with Crippen LogP contribution in [0.3, 0.4) is 0 Å². The van der Waals surface area contributed by atoms with Gasteiger partial charge in [-0.3, -0.25) is 14.7 Å². The van der Waals surface area contributed by atoms with Crippen LogP contribution in [0.4, 0.5) is 0 Å². The SMILES string of the molecule is COc1nc2c(cc1C(=O)N1CCC[C@@H](c3ccn[nH]3)C1)C(=O)N(C1CCCC1)C2. The molecular formula is C22H27N5O3. The predicted molar refractivity (Wildman–Crippen MR) is 109 cm³/mol. The molecule has 3 aliphatic rings. The molecule has 2 amide bonds. The van der Waals surface area contributed by atoms with Crippen LogP contribution >= 0.6 is 0 Å². The first kappa shape index (κ1) is 19.1. The smallest absolute Gasteiger partial charge is 0.259 e. The molecule has 1 saturated carbocycles. The Hall–Kier alpha value is -2.90. The molecule has 0 aromatic carbocycles. The number of ether oxygens (including phenoxy) is 1. The van der Waals surface area contributed by atoms with E-state index in [4.69, 9.17) is 4.74 Å². The standard InChI is InChI=1S/C22H27N5O3/c1-30-20-17(21(28)26-10-4-5-14(12-26)18-8-9-23-25-18)11-16-19(24-20)13-27(22(16)29)15-6-2-3-7-15/h8-9,11,14-15H,2-7,10,12-13H2,1H3,(H,23,25)/t14-/m1/s1. The van der Waals surface area contributed by atoms with Crippen molar-refractivity contribution in [1.82, 2.24) is 25.0 Å². The Morgan fingerprint density at radius 3 is 2.80 bits per heavy atom. The number of H-pyrrole nitrogens is 1. The van der Waals surface area contributed by atoms with E-state index in [1.807, 2.05) is 15.9 Å². The molecule has 8 nitrogen and oxygen atoms in total. The van der Waals surface area contributed by atoms with Crippen LogP contribution in [0.1, 0.15) is 76.5 Å². The zero-order chi connectivity index (χ0) is 20.7. The van der Waals surface area contributed by atoms with E-state index >= 15 is 0 Å². The van der Waals surface area contributed by atoms with Crippen LogP contribution in [0.15, 0.2) is 18.3 Å². The fourth-order valence-corrected chi connectivity index (χ4v) is 5.13. The fraction of sp³-hybridized carbons (Fsp3) is 0.545. The number of fused-ring (bicyclic) bond motifs is 1. The summed E-state index contributed by atoms with van der Waals surface area (Å²) in [7, 11) is 1.53. The molecule has 0 radical (unpaired) electrons. The van der Waals surface area contributed by atoms with E-state index in [9.17, 15) is 9.59 Å². The van der Waals surface area contributed by atoms with E-state index in [2.05, 4.69) is 15.2 Å². The first-order valence-corrected chi connectivity index (χ1v) is 10.8. The fourth-order valence-electron chi connectivity index (χ4n) is 5.13. The molecule has 30 heavy (non-hydrogen) atoms. The van der Waals surface area contributed by atoms with Gasteiger partial charge in [-0.25, -0.2) is 4.98 Å². The van der Waals surface area contributed by atoms with E-state index < -0.39 is 0 Å². The summed E-state index contributed by atoms with van der Waals surface area (Å²) in [5.74, 6) is 0.412. The summed E-state index contributed by atoms with van der Waals surface area (Å²) in [4.78, 5) is 34.8. The lowest BCUT2D eigenvalue weighted by atomic mass is 9.94. The molecule has 2 aromatic rings. The predicted octanol–water partition coefficient (Wildman–Crippen LogP) is 2.73. The molecule has 4 heterocycles. The van der Waals surface area contributed by atoms with Gasteiger partial charge in [-0.15, -0.1) is 0 Å². The van der Waals surface area contributed by atoms with Gasteiger partial charge in [0.25, 0.3) is 11.8 Å². The number of aromatic nitrogens is 3. The highest BCUT2D eigenvalue weighted by Gasteiger charge is 2.37. The lowest BCUT2D eigenvalue weighted by molar-refractivity contribution is 0.0701. The number of piperidine rings is 1. The maximum absolute atomic E-state index is 13.4. The normalized spacial score (nSPS) is 21.9. The topological polar surface area (TPSA) is 91.4 Å². The van der Waals surface area contributed by atoms with E-state index in [0.29, 0.717) is 42.3 Å². The number of carbonyl (C=O) groups excluding carboxylic acids is 2. The van der Waals surface area contributed by atoms with Crippen molar-refractivity contribution in [3.8, 4) is 5.88 Å². The van der Waals surface area contributed by atoms with Gasteiger partial charge >= 0.3 is 0 Å². The van der Waals surface area contributed by atoms with Crippen LogP contribution in [0.2, 0.25) is 0 Å². The molecular weight excluding hydrogens is 382 g/mol. The first-order chi connectivity index (χ1) is 14.7. The van der Waals surface area contributed by atoms with Crippen molar-refractivity contribution in [2.24, 2.45) is 0 Å². The molecule has 2 aliphatic heterocycles. The van der Waals surface area contributed by atoms with Crippen LogP contribution in [0, 0.1) is 0 Å². The summed E-state index contributed by atoms with van der Waals surface area (Å²) >= 11 is 0. The zero-order valence-corrected chi connectivity index (χ0v) is 17.3. The van der Waals surface area contributed by atoms with Crippen LogP contribution < -0.4 is 4.74 Å². The number of aromatic amines is 1. The highest BCUT2D eigenvalue weighted by atomic mass is 16.5. The third kappa shape index (κ3) is 3.24. The largest absolute Gasteiger partial charge is 0.480 e. The Morgan fingerprint density at radius 2 is 2.07 bits per heavy atom. The second-order valence-electron chi connectivity index (χ2n) is 8.51. The number of rotatable bonds is 4. The minimum Gasteiger partial charge on any atom is -0.480 e. The second-order valence-corrected chi connectivity index (χ2v) is 8.51. The van der Waals surface area contributed by atoms with Crippen LogP contribution in [-0.2, 0) is 6.54 Å². The number of methoxy groups -OCH3 is 1. The number of pyridine rings is 1.